The van der Waals surface area contributed by atoms with Gasteiger partial charge in [0.2, 0.25) is 5.91 Å². The first kappa shape index (κ1) is 14.5. The average Bonchev–Trinajstić information content (AvgIpc) is 2.39. The number of likely N-dealkylation sites (N-methyl/N-ethyl adjacent to an activating group) is 1. The number of hydrogen-bond acceptors (Lipinski definition) is 3. The van der Waals surface area contributed by atoms with E-state index in [0.717, 1.165) is 11.3 Å². The fraction of sp³-hybridized carbons (Fsp3) is 0.500. The minimum atomic E-state index is -0.217. The zero-order valence-corrected chi connectivity index (χ0v) is 11.5. The molecule has 0 heterocycles. The van der Waals surface area contributed by atoms with Crippen molar-refractivity contribution in [2.45, 2.75) is 32.9 Å². The summed E-state index contributed by atoms with van der Waals surface area (Å²) in [4.78, 5) is 11.6. The second-order valence-corrected chi connectivity index (χ2v) is 4.28. The molecule has 0 aliphatic carbocycles. The van der Waals surface area contributed by atoms with E-state index in [2.05, 4.69) is 10.6 Å². The van der Waals surface area contributed by atoms with Crippen molar-refractivity contribution in [1.29, 1.82) is 0 Å². The van der Waals surface area contributed by atoms with Gasteiger partial charge < -0.3 is 10.1 Å². The molecule has 1 rings (SSSR count). The fourth-order valence-electron chi connectivity index (χ4n) is 1.79. The maximum absolute atomic E-state index is 11.6. The van der Waals surface area contributed by atoms with Crippen LogP contribution in [0.25, 0.3) is 0 Å². The summed E-state index contributed by atoms with van der Waals surface area (Å²) in [5, 5.41) is 6.06. The third kappa shape index (κ3) is 4.04. The van der Waals surface area contributed by atoms with Gasteiger partial charge in [0.05, 0.1) is 13.2 Å². The molecule has 0 saturated heterocycles. The molecule has 2 N–H and O–H groups in total. The van der Waals surface area contributed by atoms with Crippen LogP contribution in [0.15, 0.2) is 24.3 Å². The van der Waals surface area contributed by atoms with Crippen LogP contribution < -0.4 is 15.4 Å². The van der Waals surface area contributed by atoms with Crippen molar-refractivity contribution in [1.82, 2.24) is 10.6 Å². The number of ether oxygens (including phenoxy) is 1. The zero-order valence-electron chi connectivity index (χ0n) is 11.5. The molecule has 4 heteroatoms. The van der Waals surface area contributed by atoms with Crippen LogP contribution in [-0.4, -0.2) is 25.6 Å². The van der Waals surface area contributed by atoms with Gasteiger partial charge in [-0.15, -0.1) is 0 Å². The van der Waals surface area contributed by atoms with Gasteiger partial charge in [0.25, 0.3) is 0 Å². The molecule has 4 nitrogen and oxygen atoms in total. The standard InChI is InChI=1S/C14H22N2O2/c1-5-15-14(17)11(3)16-10(2)12-7-6-8-13(9-12)18-4/h6-11,16H,5H2,1-4H3,(H,15,17)/t10-,11?/m1/s1. The van der Waals surface area contributed by atoms with Gasteiger partial charge in [0.15, 0.2) is 0 Å². The van der Waals surface area contributed by atoms with E-state index < -0.39 is 0 Å². The van der Waals surface area contributed by atoms with Gasteiger partial charge in [-0.1, -0.05) is 12.1 Å². The lowest BCUT2D eigenvalue weighted by molar-refractivity contribution is -0.122. The van der Waals surface area contributed by atoms with Gasteiger partial charge in [-0.25, -0.2) is 0 Å². The Morgan fingerprint density at radius 1 is 1.39 bits per heavy atom. The van der Waals surface area contributed by atoms with Crippen LogP contribution in [-0.2, 0) is 4.79 Å². The first-order chi connectivity index (χ1) is 8.58. The van der Waals surface area contributed by atoms with E-state index in [1.165, 1.54) is 0 Å². The number of benzene rings is 1. The molecule has 1 aromatic carbocycles. The molecule has 0 radical (unpaired) electrons. The molecule has 0 aliphatic heterocycles. The predicted octanol–water partition coefficient (Wildman–Crippen LogP) is 1.87. The summed E-state index contributed by atoms with van der Waals surface area (Å²) in [6.07, 6.45) is 0. The molecule has 0 aromatic heterocycles. The summed E-state index contributed by atoms with van der Waals surface area (Å²) >= 11 is 0. The van der Waals surface area contributed by atoms with Crippen LogP contribution in [0, 0.1) is 0 Å². The molecule has 0 saturated carbocycles. The van der Waals surface area contributed by atoms with Gasteiger partial charge in [0, 0.05) is 12.6 Å². The van der Waals surface area contributed by atoms with Crippen LogP contribution in [0.2, 0.25) is 0 Å². The van der Waals surface area contributed by atoms with Crippen molar-refractivity contribution in [3.8, 4) is 5.75 Å². The van der Waals surface area contributed by atoms with Crippen LogP contribution in [0.4, 0.5) is 0 Å². The molecule has 18 heavy (non-hydrogen) atoms. The van der Waals surface area contributed by atoms with E-state index >= 15 is 0 Å². The largest absolute Gasteiger partial charge is 0.497 e. The number of nitrogens with one attached hydrogen (secondary N) is 2. The molecule has 0 bridgehead atoms. The quantitative estimate of drug-likeness (QED) is 0.810. The SMILES string of the molecule is CCNC(=O)C(C)N[C@H](C)c1cccc(OC)c1. The Morgan fingerprint density at radius 2 is 2.11 bits per heavy atom. The lowest BCUT2D eigenvalue weighted by atomic mass is 10.1. The van der Waals surface area contributed by atoms with E-state index in [1.807, 2.05) is 45.0 Å². The lowest BCUT2D eigenvalue weighted by Gasteiger charge is -2.20. The van der Waals surface area contributed by atoms with Crippen molar-refractivity contribution >= 4 is 5.91 Å². The van der Waals surface area contributed by atoms with Crippen LogP contribution in [0.5, 0.6) is 5.75 Å². The summed E-state index contributed by atoms with van der Waals surface area (Å²) < 4.78 is 5.19. The van der Waals surface area contributed by atoms with Crippen LogP contribution >= 0.6 is 0 Å². The third-order valence-corrected chi connectivity index (χ3v) is 2.84. The Balaban J connectivity index is 2.63. The van der Waals surface area contributed by atoms with Gasteiger partial charge >= 0.3 is 0 Å². The Bertz CT molecular complexity index is 393. The van der Waals surface area contributed by atoms with Gasteiger partial charge in [-0.05, 0) is 38.5 Å². The van der Waals surface area contributed by atoms with Crippen molar-refractivity contribution in [2.24, 2.45) is 0 Å². The zero-order chi connectivity index (χ0) is 13.5. The average molecular weight is 250 g/mol. The van der Waals surface area contributed by atoms with Gasteiger partial charge in [-0.3, -0.25) is 10.1 Å². The Labute approximate surface area is 109 Å². The normalized spacial score (nSPS) is 13.8. The predicted molar refractivity (Wildman–Crippen MR) is 72.7 cm³/mol. The van der Waals surface area contributed by atoms with Crippen LogP contribution in [0.1, 0.15) is 32.4 Å². The molecule has 2 atom stereocenters. The second kappa shape index (κ2) is 7.01. The number of rotatable bonds is 6. The van der Waals surface area contributed by atoms with Gasteiger partial charge in [-0.2, -0.15) is 0 Å². The summed E-state index contributed by atoms with van der Waals surface area (Å²) in [7, 11) is 1.65. The molecule has 1 unspecified atom stereocenters. The second-order valence-electron chi connectivity index (χ2n) is 4.28. The van der Waals surface area contributed by atoms with Gasteiger partial charge in [0.1, 0.15) is 5.75 Å². The maximum atomic E-state index is 11.6. The highest BCUT2D eigenvalue weighted by atomic mass is 16.5. The summed E-state index contributed by atoms with van der Waals surface area (Å²) in [6.45, 7) is 6.46. The van der Waals surface area contributed by atoms with E-state index in [1.54, 1.807) is 7.11 Å². The highest BCUT2D eigenvalue weighted by Gasteiger charge is 2.15. The van der Waals surface area contributed by atoms with Crippen molar-refractivity contribution in [3.05, 3.63) is 29.8 Å². The molecule has 100 valence electrons. The molecule has 0 fully saturated rings. The lowest BCUT2D eigenvalue weighted by Crippen LogP contribution is -2.43. The van der Waals surface area contributed by atoms with Crippen molar-refractivity contribution < 1.29 is 9.53 Å². The van der Waals surface area contributed by atoms with E-state index in [4.69, 9.17) is 4.74 Å². The molecular formula is C14H22N2O2. The Morgan fingerprint density at radius 3 is 2.72 bits per heavy atom. The molecular weight excluding hydrogens is 228 g/mol. The van der Waals surface area contributed by atoms with E-state index in [9.17, 15) is 4.79 Å². The summed E-state index contributed by atoms with van der Waals surface area (Å²) in [5.41, 5.74) is 1.10. The smallest absolute Gasteiger partial charge is 0.236 e. The molecule has 0 spiro atoms. The van der Waals surface area contributed by atoms with Crippen molar-refractivity contribution in [2.75, 3.05) is 13.7 Å². The number of carbonyl (C=O) groups is 1. The van der Waals surface area contributed by atoms with Crippen molar-refractivity contribution in [3.63, 3.8) is 0 Å². The Hall–Kier alpha value is -1.55. The highest BCUT2D eigenvalue weighted by molar-refractivity contribution is 5.81. The number of hydrogen-bond donors (Lipinski definition) is 2. The summed E-state index contributed by atoms with van der Waals surface area (Å²) in [5.74, 6) is 0.846. The first-order valence-electron chi connectivity index (χ1n) is 6.26. The minimum Gasteiger partial charge on any atom is -0.497 e. The molecule has 0 aliphatic rings. The number of amides is 1. The summed E-state index contributed by atoms with van der Waals surface area (Å²) in [6, 6.07) is 7.73. The third-order valence-electron chi connectivity index (χ3n) is 2.84. The topological polar surface area (TPSA) is 50.4 Å². The molecule has 1 amide bonds. The fourth-order valence-corrected chi connectivity index (χ4v) is 1.79. The highest BCUT2D eigenvalue weighted by Crippen LogP contribution is 2.19. The van der Waals surface area contributed by atoms with Crippen LogP contribution in [0.3, 0.4) is 0 Å². The number of carbonyl (C=O) groups excluding carboxylic acids is 1. The monoisotopic (exact) mass is 250 g/mol. The minimum absolute atomic E-state index is 0.0206. The van der Waals surface area contributed by atoms with E-state index in [-0.39, 0.29) is 18.0 Å². The Kier molecular flexibility index (Phi) is 5.65. The van der Waals surface area contributed by atoms with E-state index in [0.29, 0.717) is 6.54 Å². The molecule has 1 aromatic rings. The first-order valence-corrected chi connectivity index (χ1v) is 6.26. The number of methoxy groups -OCH3 is 1. The maximum Gasteiger partial charge on any atom is 0.236 e.